The van der Waals surface area contributed by atoms with E-state index in [0.29, 0.717) is 39.6 Å². The Balaban J connectivity index is 1.54. The fourth-order valence-corrected chi connectivity index (χ4v) is 7.38. The number of hydrogen-bond donors (Lipinski definition) is 2. The van der Waals surface area contributed by atoms with E-state index in [1.807, 2.05) is 32.8 Å². The number of carbonyl (C=O) groups excluding carboxylic acids is 4. The number of nitrogens with two attached hydrogens (primary N) is 1. The van der Waals surface area contributed by atoms with Crippen molar-refractivity contribution in [1.29, 1.82) is 0 Å². The second-order valence-corrected chi connectivity index (χ2v) is 14.6. The van der Waals surface area contributed by atoms with Gasteiger partial charge in [-0.25, -0.2) is 14.5 Å². The van der Waals surface area contributed by atoms with Crippen LogP contribution in [0.25, 0.3) is 0 Å². The zero-order valence-electron chi connectivity index (χ0n) is 26.1. The summed E-state index contributed by atoms with van der Waals surface area (Å²) in [5.74, 6) is -1.66. The van der Waals surface area contributed by atoms with Crippen molar-refractivity contribution in [2.75, 3.05) is 37.9 Å². The highest BCUT2D eigenvalue weighted by molar-refractivity contribution is 8.01. The van der Waals surface area contributed by atoms with Crippen molar-refractivity contribution in [1.82, 2.24) is 40.3 Å². The van der Waals surface area contributed by atoms with Gasteiger partial charge >= 0.3 is 11.9 Å². The number of anilines is 1. The van der Waals surface area contributed by atoms with Crippen LogP contribution < -0.4 is 11.1 Å². The summed E-state index contributed by atoms with van der Waals surface area (Å²) in [4.78, 5) is 59.9. The van der Waals surface area contributed by atoms with E-state index in [1.165, 1.54) is 39.8 Å². The van der Waals surface area contributed by atoms with Crippen molar-refractivity contribution in [2.24, 2.45) is 11.8 Å². The van der Waals surface area contributed by atoms with Gasteiger partial charge in [-0.1, -0.05) is 39.5 Å². The molecule has 0 aliphatic carbocycles. The van der Waals surface area contributed by atoms with E-state index in [4.69, 9.17) is 15.2 Å². The summed E-state index contributed by atoms with van der Waals surface area (Å²) in [5.41, 5.74) is 6.90. The molecule has 15 nitrogen and oxygen atoms in total. The fourth-order valence-electron chi connectivity index (χ4n) is 4.43. The fraction of sp³-hybridized carbons (Fsp3) is 0.630. The monoisotopic (exact) mass is 681 g/mol. The van der Waals surface area contributed by atoms with Gasteiger partial charge in [0.15, 0.2) is 5.13 Å². The third kappa shape index (κ3) is 8.95. The van der Waals surface area contributed by atoms with Crippen LogP contribution in [0.4, 0.5) is 5.13 Å². The van der Waals surface area contributed by atoms with E-state index in [-0.39, 0.29) is 36.3 Å². The van der Waals surface area contributed by atoms with Crippen molar-refractivity contribution >= 4 is 63.7 Å². The van der Waals surface area contributed by atoms with Crippen LogP contribution in [-0.2, 0) is 41.6 Å². The largest absolute Gasteiger partial charge is 0.425 e. The smallest absolute Gasteiger partial charge is 0.358 e. The van der Waals surface area contributed by atoms with Gasteiger partial charge in [-0.2, -0.15) is 0 Å². The molecule has 0 bridgehead atoms. The molecule has 0 radical (unpaired) electrons. The lowest BCUT2D eigenvalue weighted by Gasteiger charge is -2.49. The Bertz CT molecular complexity index is 1430. The van der Waals surface area contributed by atoms with E-state index < -0.39 is 35.6 Å². The molecular formula is C27H39N9O6S3. The molecular weight excluding hydrogens is 643 g/mol. The average molecular weight is 682 g/mol. The lowest BCUT2D eigenvalue weighted by atomic mass is 10.0. The first kappa shape index (κ1) is 34.6. The molecule has 2 aromatic rings. The predicted octanol–water partition coefficient (Wildman–Crippen LogP) is 1.38. The summed E-state index contributed by atoms with van der Waals surface area (Å²) in [7, 11) is 3.91. The first-order valence-electron chi connectivity index (χ1n) is 14.4. The SMILES string of the molecule is CC(C)CC(=O)OC(OC(=O)C1=C(CSc2nnnn2CCN(C)C)CS[C@H]2[C@@H](NC(=O)Cc3csc(N)n3)C(=O)N12)C(C)C. The van der Waals surface area contributed by atoms with Crippen molar-refractivity contribution in [3.8, 4) is 0 Å². The topological polar surface area (TPSA) is 188 Å². The highest BCUT2D eigenvalue weighted by atomic mass is 32.2. The number of amides is 2. The maximum absolute atomic E-state index is 13.8. The summed E-state index contributed by atoms with van der Waals surface area (Å²) < 4.78 is 12.9. The van der Waals surface area contributed by atoms with E-state index >= 15 is 0 Å². The molecule has 2 aromatic heterocycles. The summed E-state index contributed by atoms with van der Waals surface area (Å²) in [5, 5.41) is 16.8. The molecule has 2 aliphatic rings. The molecule has 0 spiro atoms. The first-order valence-corrected chi connectivity index (χ1v) is 17.4. The maximum atomic E-state index is 13.8. The maximum Gasteiger partial charge on any atom is 0.358 e. The number of nitrogens with zero attached hydrogens (tertiary/aromatic N) is 7. The summed E-state index contributed by atoms with van der Waals surface area (Å²) >= 11 is 4.00. The van der Waals surface area contributed by atoms with Crippen LogP contribution in [0.5, 0.6) is 0 Å². The summed E-state index contributed by atoms with van der Waals surface area (Å²) in [6.07, 6.45) is -0.998. The Morgan fingerprint density at radius 2 is 1.98 bits per heavy atom. The van der Waals surface area contributed by atoms with E-state index in [2.05, 4.69) is 25.8 Å². The van der Waals surface area contributed by atoms with Gasteiger partial charge in [-0.3, -0.25) is 19.3 Å². The number of β-lactam (4-membered cyclic amide) rings is 1. The molecule has 2 amide bonds. The number of esters is 2. The van der Waals surface area contributed by atoms with Crippen LogP contribution in [0.1, 0.15) is 39.8 Å². The number of thioether (sulfide) groups is 2. The summed E-state index contributed by atoms with van der Waals surface area (Å²) in [6, 6.07) is -0.835. The molecule has 2 aliphatic heterocycles. The highest BCUT2D eigenvalue weighted by Crippen LogP contribution is 2.42. The van der Waals surface area contributed by atoms with Crippen LogP contribution in [0.2, 0.25) is 0 Å². The normalized spacial score (nSPS) is 18.7. The highest BCUT2D eigenvalue weighted by Gasteiger charge is 2.54. The first-order chi connectivity index (χ1) is 21.3. The van der Waals surface area contributed by atoms with Crippen molar-refractivity contribution in [2.45, 2.75) is 69.9 Å². The van der Waals surface area contributed by atoms with Crippen molar-refractivity contribution in [3.05, 3.63) is 22.3 Å². The lowest BCUT2D eigenvalue weighted by molar-refractivity contribution is -0.195. The summed E-state index contributed by atoms with van der Waals surface area (Å²) in [6.45, 7) is 8.63. The van der Waals surface area contributed by atoms with Crippen LogP contribution >= 0.6 is 34.9 Å². The molecule has 3 atom stereocenters. The van der Waals surface area contributed by atoms with Crippen LogP contribution in [0.3, 0.4) is 0 Å². The molecule has 4 heterocycles. The van der Waals surface area contributed by atoms with Crippen LogP contribution in [0.15, 0.2) is 21.8 Å². The predicted molar refractivity (Wildman–Crippen MR) is 170 cm³/mol. The zero-order valence-corrected chi connectivity index (χ0v) is 28.5. The second-order valence-electron chi connectivity index (χ2n) is 11.6. The molecule has 1 unspecified atom stereocenters. The molecule has 246 valence electrons. The Labute approximate surface area is 274 Å². The molecule has 18 heteroatoms. The number of tetrazole rings is 1. The van der Waals surface area contributed by atoms with Gasteiger partial charge in [0.2, 0.25) is 17.4 Å². The number of carbonyl (C=O) groups is 4. The van der Waals surface area contributed by atoms with Gasteiger partial charge in [-0.15, -0.1) is 28.2 Å². The second kappa shape index (κ2) is 15.4. The van der Waals surface area contributed by atoms with Crippen molar-refractivity contribution < 1.29 is 28.7 Å². The molecule has 45 heavy (non-hydrogen) atoms. The zero-order chi connectivity index (χ0) is 32.8. The number of fused-ring (bicyclic) bond motifs is 1. The molecule has 3 N–H and O–H groups in total. The Morgan fingerprint density at radius 1 is 1.22 bits per heavy atom. The number of aromatic nitrogens is 5. The Morgan fingerprint density at radius 3 is 2.62 bits per heavy atom. The van der Waals surface area contributed by atoms with Gasteiger partial charge in [0.05, 0.1) is 18.7 Å². The number of nitrogens with one attached hydrogen (secondary N) is 1. The number of likely N-dealkylation sites (N-methyl/N-ethyl adjacent to an activating group) is 1. The number of ether oxygens (including phenoxy) is 2. The number of hydrogen-bond acceptors (Lipinski definition) is 15. The minimum atomic E-state index is -1.14. The molecule has 1 saturated heterocycles. The molecule has 0 aromatic carbocycles. The number of nitrogen functional groups attached to an aromatic ring is 1. The van der Waals surface area contributed by atoms with Gasteiger partial charge < -0.3 is 25.4 Å². The van der Waals surface area contributed by atoms with Gasteiger partial charge in [0.25, 0.3) is 5.91 Å². The molecule has 4 rings (SSSR count). The lowest BCUT2D eigenvalue weighted by Crippen LogP contribution is -2.70. The van der Waals surface area contributed by atoms with Gasteiger partial charge in [0, 0.05) is 35.8 Å². The third-order valence-electron chi connectivity index (χ3n) is 6.69. The molecule has 0 saturated carbocycles. The molecule has 1 fully saturated rings. The van der Waals surface area contributed by atoms with Gasteiger partial charge in [0.1, 0.15) is 17.1 Å². The average Bonchev–Trinajstić information content (AvgIpc) is 3.59. The minimum Gasteiger partial charge on any atom is -0.425 e. The van der Waals surface area contributed by atoms with Gasteiger partial charge in [-0.05, 0) is 36.0 Å². The minimum absolute atomic E-state index is 0.0259. The number of thiazole rings is 1. The quantitative estimate of drug-likeness (QED) is 0.119. The van der Waals surface area contributed by atoms with E-state index in [9.17, 15) is 19.2 Å². The standard InChI is InChI=1S/C27H39N9O6S3/c1-14(2)9-19(38)41-25(15(3)4)42-24(40)21-16(12-45-27-31-32-33-35(27)8-7-34(5)6)11-43-23-20(22(39)36(21)23)30-18(37)10-17-13-44-26(28)29-17/h13-15,20,23,25H,7-12H2,1-6H3,(H2,28,29)(H,30,37)/t20-,23-,25?/m0/s1. The van der Waals surface area contributed by atoms with E-state index in [1.54, 1.807) is 23.9 Å². The Kier molecular flexibility index (Phi) is 11.8. The van der Waals surface area contributed by atoms with Crippen LogP contribution in [0, 0.1) is 11.8 Å². The third-order valence-corrected chi connectivity index (χ3v) is 9.80. The van der Waals surface area contributed by atoms with E-state index in [0.717, 1.165) is 6.54 Å². The Hall–Kier alpha value is -3.22. The van der Waals surface area contributed by atoms with Crippen molar-refractivity contribution in [3.63, 3.8) is 0 Å². The number of rotatable bonds is 15. The van der Waals surface area contributed by atoms with Crippen LogP contribution in [-0.4, -0.2) is 109 Å².